The minimum absolute atomic E-state index is 0.00771. The molecule has 1 aromatic heterocycles. The monoisotopic (exact) mass is 391 g/mol. The largest absolute Gasteiger partial charge is 0.481 e. The number of hydrogen-bond donors (Lipinski definition) is 3. The van der Waals surface area contributed by atoms with Crippen LogP contribution in [0.2, 0.25) is 0 Å². The van der Waals surface area contributed by atoms with Crippen LogP contribution in [0, 0.1) is 18.2 Å². The first-order chi connectivity index (χ1) is 13.3. The summed E-state index contributed by atoms with van der Waals surface area (Å²) in [5.41, 5.74) is 0.928. The van der Waals surface area contributed by atoms with E-state index in [2.05, 4.69) is 5.10 Å². The number of aliphatic hydroxyl groups excluding tert-OH is 2. The van der Waals surface area contributed by atoms with Gasteiger partial charge in [0.15, 0.2) is 0 Å². The van der Waals surface area contributed by atoms with E-state index < -0.39 is 23.3 Å². The summed E-state index contributed by atoms with van der Waals surface area (Å²) in [4.78, 5) is 14.2. The number of aliphatic carboxylic acids is 1. The Morgan fingerprint density at radius 1 is 1.43 bits per heavy atom. The van der Waals surface area contributed by atoms with E-state index in [0.29, 0.717) is 31.6 Å². The highest BCUT2D eigenvalue weighted by Gasteiger charge is 2.49. The van der Waals surface area contributed by atoms with Gasteiger partial charge in [0.05, 0.1) is 24.9 Å². The van der Waals surface area contributed by atoms with E-state index in [0.717, 1.165) is 11.3 Å². The highest BCUT2D eigenvalue weighted by atomic mass is 19.1. The van der Waals surface area contributed by atoms with Crippen LogP contribution in [-0.4, -0.2) is 61.8 Å². The van der Waals surface area contributed by atoms with Gasteiger partial charge in [0.25, 0.3) is 0 Å². The quantitative estimate of drug-likeness (QED) is 0.656. The molecule has 0 aliphatic carbocycles. The molecule has 7 nitrogen and oxygen atoms in total. The van der Waals surface area contributed by atoms with Gasteiger partial charge in [0.1, 0.15) is 11.2 Å². The number of carboxylic acid groups (broad SMARTS) is 1. The lowest BCUT2D eigenvalue weighted by Gasteiger charge is -2.43. The van der Waals surface area contributed by atoms with Gasteiger partial charge in [0.2, 0.25) is 0 Å². The smallest absolute Gasteiger partial charge is 0.313 e. The van der Waals surface area contributed by atoms with Crippen LogP contribution in [0.3, 0.4) is 0 Å². The van der Waals surface area contributed by atoms with E-state index >= 15 is 0 Å². The molecular weight excluding hydrogens is 365 g/mol. The van der Waals surface area contributed by atoms with Crippen molar-refractivity contribution in [2.45, 2.75) is 39.0 Å². The van der Waals surface area contributed by atoms with Gasteiger partial charge in [-0.1, -0.05) is 12.1 Å². The zero-order valence-electron chi connectivity index (χ0n) is 15.9. The van der Waals surface area contributed by atoms with Gasteiger partial charge in [0, 0.05) is 31.4 Å². The normalized spacial score (nSPS) is 23.1. The average molecular weight is 391 g/mol. The number of rotatable bonds is 7. The fourth-order valence-electron chi connectivity index (χ4n) is 3.94. The molecule has 0 unspecified atom stereocenters. The van der Waals surface area contributed by atoms with Gasteiger partial charge in [-0.05, 0) is 37.5 Å². The van der Waals surface area contributed by atoms with Gasteiger partial charge >= 0.3 is 5.97 Å². The van der Waals surface area contributed by atoms with Gasteiger partial charge < -0.3 is 15.3 Å². The first kappa shape index (κ1) is 20.4. The van der Waals surface area contributed by atoms with Crippen LogP contribution in [0.15, 0.2) is 30.5 Å². The molecule has 0 saturated carbocycles. The molecule has 1 aliphatic rings. The van der Waals surface area contributed by atoms with E-state index in [1.54, 1.807) is 16.8 Å². The number of piperidine rings is 1. The molecule has 0 radical (unpaired) electrons. The summed E-state index contributed by atoms with van der Waals surface area (Å²) in [6, 6.07) is 5.86. The van der Waals surface area contributed by atoms with Gasteiger partial charge in [-0.25, -0.2) is 4.39 Å². The van der Waals surface area contributed by atoms with Crippen LogP contribution < -0.4 is 0 Å². The molecule has 8 heteroatoms. The lowest BCUT2D eigenvalue weighted by atomic mass is 9.72. The zero-order chi connectivity index (χ0) is 20.3. The summed E-state index contributed by atoms with van der Waals surface area (Å²) in [6.07, 6.45) is 1.22. The maximum absolute atomic E-state index is 13.6. The number of likely N-dealkylation sites (tertiary alicyclic amines) is 1. The molecule has 2 heterocycles. The van der Waals surface area contributed by atoms with Crippen LogP contribution in [0.1, 0.15) is 23.2 Å². The Bertz CT molecular complexity index is 841. The van der Waals surface area contributed by atoms with Crippen LogP contribution in [-0.2, 0) is 24.3 Å². The predicted molar refractivity (Wildman–Crippen MR) is 100 cm³/mol. The number of aryl methyl sites for hydroxylation is 1. The molecule has 1 aliphatic heterocycles. The number of nitrogens with zero attached hydrogens (tertiary/aromatic N) is 3. The Kier molecular flexibility index (Phi) is 6.12. The Morgan fingerprint density at radius 2 is 2.21 bits per heavy atom. The molecule has 2 atom stereocenters. The molecule has 28 heavy (non-hydrogen) atoms. The molecule has 152 valence electrons. The predicted octanol–water partition coefficient (Wildman–Crippen LogP) is 1.20. The Hall–Kier alpha value is -2.29. The van der Waals surface area contributed by atoms with Crippen LogP contribution >= 0.6 is 0 Å². The first-order valence-electron chi connectivity index (χ1n) is 9.36. The van der Waals surface area contributed by atoms with Gasteiger partial charge in [-0.3, -0.25) is 14.4 Å². The second-order valence-electron chi connectivity index (χ2n) is 7.51. The molecule has 0 amide bonds. The Labute approximate surface area is 163 Å². The lowest BCUT2D eigenvalue weighted by molar-refractivity contribution is -0.163. The molecule has 3 rings (SSSR count). The third-order valence-corrected chi connectivity index (χ3v) is 5.47. The summed E-state index contributed by atoms with van der Waals surface area (Å²) in [6.45, 7) is 3.49. The summed E-state index contributed by atoms with van der Waals surface area (Å²) >= 11 is 0. The number of halogens is 1. The minimum atomic E-state index is -1.40. The molecule has 0 spiro atoms. The maximum Gasteiger partial charge on any atom is 0.313 e. The fourth-order valence-corrected chi connectivity index (χ4v) is 3.94. The number of aliphatic hydroxyl groups is 2. The van der Waals surface area contributed by atoms with Crippen LogP contribution in [0.4, 0.5) is 4.39 Å². The second kappa shape index (κ2) is 8.38. The van der Waals surface area contributed by atoms with Crippen molar-refractivity contribution in [1.82, 2.24) is 14.7 Å². The number of benzene rings is 1. The first-order valence-corrected chi connectivity index (χ1v) is 9.36. The summed E-state index contributed by atoms with van der Waals surface area (Å²) in [7, 11) is 0. The third-order valence-electron chi connectivity index (χ3n) is 5.47. The highest BCUT2D eigenvalue weighted by Crippen LogP contribution is 2.35. The summed E-state index contributed by atoms with van der Waals surface area (Å²) in [5, 5.41) is 34.0. The van der Waals surface area contributed by atoms with Crippen molar-refractivity contribution in [3.8, 4) is 0 Å². The molecule has 0 bridgehead atoms. The van der Waals surface area contributed by atoms with E-state index in [9.17, 15) is 19.4 Å². The number of aromatic nitrogens is 2. The van der Waals surface area contributed by atoms with E-state index in [1.807, 2.05) is 18.0 Å². The van der Waals surface area contributed by atoms with Gasteiger partial charge in [-0.2, -0.15) is 5.10 Å². The lowest BCUT2D eigenvalue weighted by Crippen LogP contribution is -2.56. The average Bonchev–Trinajstić information content (AvgIpc) is 2.97. The summed E-state index contributed by atoms with van der Waals surface area (Å²) < 4.78 is 15.2. The number of carbonyl (C=O) groups is 1. The van der Waals surface area contributed by atoms with Crippen molar-refractivity contribution in [1.29, 1.82) is 0 Å². The molecule has 1 fully saturated rings. The molecule has 3 N–H and O–H groups in total. The fraction of sp³-hybridized carbons (Fsp3) is 0.500. The van der Waals surface area contributed by atoms with Gasteiger partial charge in [-0.15, -0.1) is 0 Å². The van der Waals surface area contributed by atoms with Crippen molar-refractivity contribution < 1.29 is 24.5 Å². The topological polar surface area (TPSA) is 98.8 Å². The summed E-state index contributed by atoms with van der Waals surface area (Å²) in [5.74, 6) is -1.51. The zero-order valence-corrected chi connectivity index (χ0v) is 15.9. The third kappa shape index (κ3) is 4.24. The van der Waals surface area contributed by atoms with E-state index in [1.165, 1.54) is 12.1 Å². The standard InChI is InChI=1S/C20H26FN3O4/c1-14-16(12-24(22-14)7-8-25)11-23-6-5-18(26)20(13-23,19(27)28)10-15-3-2-4-17(21)9-15/h2-4,9,12,18,25-26H,5-8,10-11,13H2,1H3,(H,27,28)/t18-,20-/m1/s1. The van der Waals surface area contributed by atoms with Crippen molar-refractivity contribution in [2.75, 3.05) is 19.7 Å². The minimum Gasteiger partial charge on any atom is -0.481 e. The molecular formula is C20H26FN3O4. The van der Waals surface area contributed by atoms with E-state index in [4.69, 9.17) is 5.11 Å². The Morgan fingerprint density at radius 3 is 2.89 bits per heavy atom. The Balaban J connectivity index is 1.81. The molecule has 1 aromatic carbocycles. The second-order valence-corrected chi connectivity index (χ2v) is 7.51. The van der Waals surface area contributed by atoms with E-state index in [-0.39, 0.29) is 19.6 Å². The highest BCUT2D eigenvalue weighted by molar-refractivity contribution is 5.76. The van der Waals surface area contributed by atoms with Crippen LogP contribution in [0.25, 0.3) is 0 Å². The van der Waals surface area contributed by atoms with Crippen molar-refractivity contribution in [3.05, 3.63) is 53.1 Å². The number of hydrogen-bond acceptors (Lipinski definition) is 5. The van der Waals surface area contributed by atoms with Crippen molar-refractivity contribution in [2.24, 2.45) is 5.41 Å². The SMILES string of the molecule is Cc1nn(CCO)cc1CN1CC[C@@H](O)[C@](Cc2cccc(F)c2)(C(=O)O)C1. The maximum atomic E-state index is 13.6. The van der Waals surface area contributed by atoms with Crippen molar-refractivity contribution in [3.63, 3.8) is 0 Å². The molecule has 2 aromatic rings. The molecule has 1 saturated heterocycles. The van der Waals surface area contributed by atoms with Crippen LogP contribution in [0.5, 0.6) is 0 Å². The van der Waals surface area contributed by atoms with Crippen molar-refractivity contribution >= 4 is 5.97 Å². The number of carboxylic acids is 1.